The summed E-state index contributed by atoms with van der Waals surface area (Å²) in [5, 5.41) is 10.4. The highest BCUT2D eigenvalue weighted by Crippen LogP contribution is 2.24. The Morgan fingerprint density at radius 1 is 1.30 bits per heavy atom. The maximum atomic E-state index is 12.0. The van der Waals surface area contributed by atoms with Crippen LogP contribution in [0, 0.1) is 6.92 Å². The maximum absolute atomic E-state index is 12.0. The van der Waals surface area contributed by atoms with Crippen LogP contribution >= 0.6 is 22.9 Å². The largest absolute Gasteiger partial charge is 0.387 e. The van der Waals surface area contributed by atoms with E-state index in [1.54, 1.807) is 36.4 Å². The van der Waals surface area contributed by atoms with Crippen molar-refractivity contribution >= 4 is 33.0 Å². The zero-order valence-corrected chi connectivity index (χ0v) is 13.1. The minimum absolute atomic E-state index is 0.122. The molecule has 1 aromatic carbocycles. The number of aliphatic hydroxyl groups is 1. The van der Waals surface area contributed by atoms with Crippen LogP contribution in [0.25, 0.3) is 0 Å². The molecule has 1 aromatic heterocycles. The molecule has 0 aliphatic carbocycles. The number of nitrogens with one attached hydrogen (secondary N) is 1. The Bertz CT molecular complexity index is 697. The molecule has 0 saturated heterocycles. The van der Waals surface area contributed by atoms with Gasteiger partial charge in [-0.2, -0.15) is 0 Å². The first-order chi connectivity index (χ1) is 9.40. The SMILES string of the molecule is Cc1ccc(S(=O)(=O)NCC(O)c2ccccc2Cl)s1. The van der Waals surface area contributed by atoms with Crippen LogP contribution in [0.1, 0.15) is 16.5 Å². The van der Waals surface area contributed by atoms with Crippen LogP contribution in [0.2, 0.25) is 5.02 Å². The molecule has 0 radical (unpaired) electrons. The smallest absolute Gasteiger partial charge is 0.250 e. The highest BCUT2D eigenvalue weighted by molar-refractivity contribution is 7.91. The summed E-state index contributed by atoms with van der Waals surface area (Å²) >= 11 is 7.14. The average Bonchev–Trinajstić information content (AvgIpc) is 2.84. The van der Waals surface area contributed by atoms with Gasteiger partial charge in [-0.1, -0.05) is 29.8 Å². The van der Waals surface area contributed by atoms with Gasteiger partial charge in [0.05, 0.1) is 6.10 Å². The molecule has 0 spiro atoms. The fourth-order valence-electron chi connectivity index (χ4n) is 1.67. The normalized spacial score (nSPS) is 13.3. The molecule has 1 atom stereocenters. The average molecular weight is 332 g/mol. The second-order valence-corrected chi connectivity index (χ2v) is 7.94. The molecule has 0 aliphatic heterocycles. The van der Waals surface area contributed by atoms with Crippen LogP contribution < -0.4 is 4.72 Å². The van der Waals surface area contributed by atoms with Crippen molar-refractivity contribution in [2.24, 2.45) is 0 Å². The summed E-state index contributed by atoms with van der Waals surface area (Å²) in [6.07, 6.45) is -0.987. The molecule has 0 aliphatic rings. The molecule has 2 N–H and O–H groups in total. The topological polar surface area (TPSA) is 66.4 Å². The van der Waals surface area contributed by atoms with Gasteiger partial charge in [0.2, 0.25) is 10.0 Å². The van der Waals surface area contributed by atoms with E-state index in [-0.39, 0.29) is 10.8 Å². The third-order valence-corrected chi connectivity index (χ3v) is 5.97. The molecule has 0 amide bonds. The molecule has 1 heterocycles. The zero-order chi connectivity index (χ0) is 14.8. The van der Waals surface area contributed by atoms with Gasteiger partial charge in [-0.05, 0) is 25.1 Å². The highest BCUT2D eigenvalue weighted by Gasteiger charge is 2.19. The monoisotopic (exact) mass is 331 g/mol. The Balaban J connectivity index is 2.07. The van der Waals surface area contributed by atoms with Crippen molar-refractivity contribution in [3.63, 3.8) is 0 Å². The van der Waals surface area contributed by atoms with Gasteiger partial charge in [0.1, 0.15) is 4.21 Å². The van der Waals surface area contributed by atoms with Crippen LogP contribution in [0.5, 0.6) is 0 Å². The van der Waals surface area contributed by atoms with Crippen LogP contribution in [0.4, 0.5) is 0 Å². The van der Waals surface area contributed by atoms with Crippen LogP contribution in [0.3, 0.4) is 0 Å². The Morgan fingerprint density at radius 2 is 2.00 bits per heavy atom. The van der Waals surface area contributed by atoms with Crippen molar-refractivity contribution in [2.75, 3.05) is 6.54 Å². The Hall–Kier alpha value is -0.920. The number of aryl methyl sites for hydroxylation is 1. The van der Waals surface area contributed by atoms with Crippen LogP contribution in [-0.2, 0) is 10.0 Å². The third kappa shape index (κ3) is 3.59. The predicted molar refractivity (Wildman–Crippen MR) is 80.7 cm³/mol. The van der Waals surface area contributed by atoms with Crippen molar-refractivity contribution in [1.29, 1.82) is 0 Å². The van der Waals surface area contributed by atoms with Gasteiger partial charge in [0.15, 0.2) is 0 Å². The van der Waals surface area contributed by atoms with E-state index in [1.165, 1.54) is 11.3 Å². The fourth-order valence-corrected chi connectivity index (χ4v) is 4.30. The van der Waals surface area contributed by atoms with Gasteiger partial charge in [-0.15, -0.1) is 11.3 Å². The number of hydrogen-bond acceptors (Lipinski definition) is 4. The first kappa shape index (κ1) is 15.5. The summed E-state index contributed by atoms with van der Waals surface area (Å²) in [6, 6.07) is 10.1. The molecule has 2 aromatic rings. The molecular weight excluding hydrogens is 318 g/mol. The summed E-state index contributed by atoms with van der Waals surface area (Å²) in [7, 11) is -3.59. The third-order valence-electron chi connectivity index (χ3n) is 2.71. The standard InChI is InChI=1S/C13H14ClNO3S2/c1-9-6-7-13(19-9)20(17,18)15-8-12(16)10-4-2-3-5-11(10)14/h2-7,12,15-16H,8H2,1H3. The molecule has 108 valence electrons. The van der Waals surface area contributed by atoms with Gasteiger partial charge in [0, 0.05) is 22.0 Å². The number of sulfonamides is 1. The number of hydrogen-bond donors (Lipinski definition) is 2. The van der Waals surface area contributed by atoms with Crippen molar-refractivity contribution < 1.29 is 13.5 Å². The lowest BCUT2D eigenvalue weighted by Gasteiger charge is -2.13. The van der Waals surface area contributed by atoms with Gasteiger partial charge in [-0.3, -0.25) is 0 Å². The predicted octanol–water partition coefficient (Wildman–Crippen LogP) is 2.72. The summed E-state index contributed by atoms with van der Waals surface area (Å²) in [5.41, 5.74) is 0.499. The number of rotatable bonds is 5. The minimum Gasteiger partial charge on any atom is -0.387 e. The number of halogens is 1. The Kier molecular flexibility index (Phi) is 4.82. The summed E-state index contributed by atoms with van der Waals surface area (Å²) < 4.78 is 26.7. The molecule has 4 nitrogen and oxygen atoms in total. The van der Waals surface area contributed by atoms with E-state index in [1.807, 2.05) is 6.92 Å². The van der Waals surface area contributed by atoms with E-state index in [9.17, 15) is 13.5 Å². The minimum atomic E-state index is -3.59. The van der Waals surface area contributed by atoms with E-state index < -0.39 is 16.1 Å². The summed E-state index contributed by atoms with van der Waals surface area (Å²) in [5.74, 6) is 0. The quantitative estimate of drug-likeness (QED) is 0.885. The van der Waals surface area contributed by atoms with E-state index in [4.69, 9.17) is 11.6 Å². The van der Waals surface area contributed by atoms with Gasteiger partial charge >= 0.3 is 0 Å². The van der Waals surface area contributed by atoms with E-state index >= 15 is 0 Å². The molecule has 0 fully saturated rings. The van der Waals surface area contributed by atoms with Crippen LogP contribution in [-0.4, -0.2) is 20.1 Å². The van der Waals surface area contributed by atoms with Crippen molar-refractivity contribution in [2.45, 2.75) is 17.2 Å². The summed E-state index contributed by atoms with van der Waals surface area (Å²) in [6.45, 7) is 1.71. The lowest BCUT2D eigenvalue weighted by Crippen LogP contribution is -2.28. The Labute approximate surface area is 127 Å². The van der Waals surface area contributed by atoms with E-state index in [2.05, 4.69) is 4.72 Å². The molecule has 0 bridgehead atoms. The molecular formula is C13H14ClNO3S2. The Morgan fingerprint density at radius 3 is 2.60 bits per heavy atom. The van der Waals surface area contributed by atoms with Gasteiger partial charge < -0.3 is 5.11 Å². The molecule has 2 rings (SSSR count). The van der Waals surface area contributed by atoms with E-state index in [0.29, 0.717) is 10.6 Å². The van der Waals surface area contributed by atoms with Crippen molar-refractivity contribution in [1.82, 2.24) is 4.72 Å². The van der Waals surface area contributed by atoms with Gasteiger partial charge in [-0.25, -0.2) is 13.1 Å². The van der Waals surface area contributed by atoms with Gasteiger partial charge in [0.25, 0.3) is 0 Å². The molecule has 0 saturated carbocycles. The highest BCUT2D eigenvalue weighted by atomic mass is 35.5. The molecule has 7 heteroatoms. The number of aliphatic hydroxyl groups excluding tert-OH is 1. The molecule has 20 heavy (non-hydrogen) atoms. The van der Waals surface area contributed by atoms with Crippen LogP contribution in [0.15, 0.2) is 40.6 Å². The van der Waals surface area contributed by atoms with E-state index in [0.717, 1.165) is 4.88 Å². The first-order valence-corrected chi connectivity index (χ1v) is 8.56. The molecule has 1 unspecified atom stereocenters. The number of benzene rings is 1. The number of thiophene rings is 1. The first-order valence-electron chi connectivity index (χ1n) is 5.89. The van der Waals surface area contributed by atoms with Crippen molar-refractivity contribution in [3.8, 4) is 0 Å². The van der Waals surface area contributed by atoms with Crippen molar-refractivity contribution in [3.05, 3.63) is 51.9 Å². The summed E-state index contributed by atoms with van der Waals surface area (Å²) in [4.78, 5) is 0.914. The fraction of sp³-hybridized carbons (Fsp3) is 0.231. The second-order valence-electron chi connectivity index (χ2n) is 4.25. The lowest BCUT2D eigenvalue weighted by molar-refractivity contribution is 0.182. The maximum Gasteiger partial charge on any atom is 0.250 e. The zero-order valence-electron chi connectivity index (χ0n) is 10.7. The lowest BCUT2D eigenvalue weighted by atomic mass is 10.1. The second kappa shape index (κ2) is 6.24.